The SMILES string of the molecule is O=C1c2ccsc2C2SC=CC12. The summed E-state index contributed by atoms with van der Waals surface area (Å²) in [6, 6.07) is 1.95. The highest BCUT2D eigenvalue weighted by molar-refractivity contribution is 8.02. The van der Waals surface area contributed by atoms with E-state index in [4.69, 9.17) is 0 Å². The predicted octanol–water partition coefficient (Wildman–Crippen LogP) is 2.86. The van der Waals surface area contributed by atoms with E-state index in [2.05, 4.69) is 5.41 Å². The van der Waals surface area contributed by atoms with E-state index in [1.165, 1.54) is 4.88 Å². The fourth-order valence-corrected chi connectivity index (χ4v) is 4.10. The third-order valence-electron chi connectivity index (χ3n) is 2.36. The summed E-state index contributed by atoms with van der Waals surface area (Å²) in [7, 11) is 0. The van der Waals surface area contributed by atoms with Crippen LogP contribution in [0.2, 0.25) is 0 Å². The Labute approximate surface area is 78.5 Å². The molecule has 1 nitrogen and oxygen atoms in total. The Balaban J connectivity index is 2.21. The van der Waals surface area contributed by atoms with E-state index in [9.17, 15) is 4.79 Å². The van der Waals surface area contributed by atoms with E-state index in [0.717, 1.165) is 5.56 Å². The summed E-state index contributed by atoms with van der Waals surface area (Å²) >= 11 is 3.48. The van der Waals surface area contributed by atoms with Crippen molar-refractivity contribution in [3.8, 4) is 0 Å². The van der Waals surface area contributed by atoms with Crippen LogP contribution < -0.4 is 0 Å². The molecule has 0 aromatic carbocycles. The van der Waals surface area contributed by atoms with Gasteiger partial charge in [-0.2, -0.15) is 0 Å². The summed E-state index contributed by atoms with van der Waals surface area (Å²) in [6.45, 7) is 0. The minimum absolute atomic E-state index is 0.150. The maximum Gasteiger partial charge on any atom is 0.172 e. The van der Waals surface area contributed by atoms with E-state index in [0.29, 0.717) is 11.0 Å². The van der Waals surface area contributed by atoms with Gasteiger partial charge in [0, 0.05) is 10.4 Å². The predicted molar refractivity (Wildman–Crippen MR) is 51.6 cm³/mol. The van der Waals surface area contributed by atoms with Crippen molar-refractivity contribution in [3.05, 3.63) is 33.4 Å². The van der Waals surface area contributed by atoms with Crippen LogP contribution in [-0.2, 0) is 0 Å². The molecule has 1 aliphatic heterocycles. The fourth-order valence-electron chi connectivity index (χ4n) is 1.77. The Hall–Kier alpha value is -0.540. The smallest absolute Gasteiger partial charge is 0.172 e. The van der Waals surface area contributed by atoms with Gasteiger partial charge in [-0.1, -0.05) is 6.08 Å². The van der Waals surface area contributed by atoms with Crippen molar-refractivity contribution < 1.29 is 4.79 Å². The minimum atomic E-state index is 0.150. The first-order valence-electron chi connectivity index (χ1n) is 3.81. The molecule has 3 rings (SSSR count). The van der Waals surface area contributed by atoms with Crippen molar-refractivity contribution in [2.24, 2.45) is 5.92 Å². The zero-order valence-electron chi connectivity index (χ0n) is 6.19. The topological polar surface area (TPSA) is 17.1 Å². The molecule has 0 N–H and O–H groups in total. The molecular weight excluding hydrogens is 188 g/mol. The van der Waals surface area contributed by atoms with Crippen molar-refractivity contribution in [1.29, 1.82) is 0 Å². The van der Waals surface area contributed by atoms with E-state index in [1.807, 2.05) is 17.5 Å². The van der Waals surface area contributed by atoms with Gasteiger partial charge < -0.3 is 0 Å². The number of hydrogen-bond acceptors (Lipinski definition) is 3. The number of hydrogen-bond donors (Lipinski definition) is 0. The molecule has 2 unspecified atom stereocenters. The van der Waals surface area contributed by atoms with E-state index >= 15 is 0 Å². The average Bonchev–Trinajstić information content (AvgIpc) is 2.72. The van der Waals surface area contributed by atoms with Gasteiger partial charge in [-0.15, -0.1) is 23.1 Å². The van der Waals surface area contributed by atoms with E-state index in [-0.39, 0.29) is 5.92 Å². The van der Waals surface area contributed by atoms with E-state index in [1.54, 1.807) is 23.1 Å². The molecule has 0 saturated carbocycles. The second-order valence-corrected chi connectivity index (χ2v) is 4.97. The lowest BCUT2D eigenvalue weighted by Gasteiger charge is -2.04. The van der Waals surface area contributed by atoms with Gasteiger partial charge in [0.15, 0.2) is 5.78 Å². The van der Waals surface area contributed by atoms with Crippen LogP contribution in [0.5, 0.6) is 0 Å². The lowest BCUT2D eigenvalue weighted by atomic mass is 10.1. The van der Waals surface area contributed by atoms with Crippen LogP contribution in [0, 0.1) is 5.92 Å². The molecule has 0 fully saturated rings. The molecule has 12 heavy (non-hydrogen) atoms. The fraction of sp³-hybridized carbons (Fsp3) is 0.222. The first-order valence-corrected chi connectivity index (χ1v) is 5.64. The second-order valence-electron chi connectivity index (χ2n) is 2.97. The molecular formula is C9H6OS2. The summed E-state index contributed by atoms with van der Waals surface area (Å²) in [6.07, 6.45) is 2.03. The lowest BCUT2D eigenvalue weighted by molar-refractivity contribution is 0.0960. The first-order chi connectivity index (χ1) is 5.88. The number of fused-ring (bicyclic) bond motifs is 3. The van der Waals surface area contributed by atoms with Gasteiger partial charge in [0.2, 0.25) is 0 Å². The number of thiophene rings is 1. The molecule has 60 valence electrons. The highest BCUT2D eigenvalue weighted by Gasteiger charge is 2.41. The van der Waals surface area contributed by atoms with Crippen molar-refractivity contribution in [2.45, 2.75) is 5.25 Å². The molecule has 0 amide bonds. The molecule has 0 spiro atoms. The number of Topliss-reactive ketones (excluding diaryl/α,β-unsaturated/α-hetero) is 1. The Morgan fingerprint density at radius 3 is 3.25 bits per heavy atom. The molecule has 2 aliphatic rings. The van der Waals surface area contributed by atoms with Gasteiger partial charge >= 0.3 is 0 Å². The lowest BCUT2D eigenvalue weighted by Crippen LogP contribution is -2.05. The van der Waals surface area contributed by atoms with Crippen LogP contribution in [0.25, 0.3) is 0 Å². The summed E-state index contributed by atoms with van der Waals surface area (Å²) in [4.78, 5) is 13.0. The van der Waals surface area contributed by atoms with Gasteiger partial charge in [0.05, 0.1) is 11.2 Å². The van der Waals surface area contributed by atoms with Gasteiger partial charge in [-0.3, -0.25) is 4.79 Å². The number of ketones is 1. The highest BCUT2D eigenvalue weighted by Crippen LogP contribution is 2.52. The molecule has 1 aromatic rings. The maximum absolute atomic E-state index is 11.7. The Bertz CT molecular complexity index is 378. The second kappa shape index (κ2) is 2.24. The van der Waals surface area contributed by atoms with Gasteiger partial charge in [0.1, 0.15) is 0 Å². The highest BCUT2D eigenvalue weighted by atomic mass is 32.2. The summed E-state index contributed by atoms with van der Waals surface area (Å²) in [5, 5.41) is 4.47. The Kier molecular flexibility index (Phi) is 1.29. The Morgan fingerprint density at radius 2 is 2.33 bits per heavy atom. The summed E-state index contributed by atoms with van der Waals surface area (Å²) in [5.41, 5.74) is 0.965. The molecule has 1 aliphatic carbocycles. The zero-order valence-corrected chi connectivity index (χ0v) is 7.82. The van der Waals surface area contributed by atoms with Gasteiger partial charge in [-0.05, 0) is 16.9 Å². The number of thioether (sulfide) groups is 1. The van der Waals surface area contributed by atoms with Gasteiger partial charge in [-0.25, -0.2) is 0 Å². The van der Waals surface area contributed by atoms with Crippen molar-refractivity contribution in [2.75, 3.05) is 0 Å². The molecule has 2 atom stereocenters. The third kappa shape index (κ3) is 0.684. The van der Waals surface area contributed by atoms with Crippen molar-refractivity contribution in [1.82, 2.24) is 0 Å². The van der Waals surface area contributed by atoms with Crippen LogP contribution in [-0.4, -0.2) is 5.78 Å². The third-order valence-corrected chi connectivity index (χ3v) is 4.64. The molecule has 0 radical (unpaired) electrons. The van der Waals surface area contributed by atoms with Crippen molar-refractivity contribution in [3.63, 3.8) is 0 Å². The van der Waals surface area contributed by atoms with Crippen LogP contribution in [0.1, 0.15) is 20.5 Å². The molecule has 3 heteroatoms. The summed E-state index contributed by atoms with van der Waals surface area (Å²) < 4.78 is 0. The van der Waals surface area contributed by atoms with Crippen molar-refractivity contribution >= 4 is 28.9 Å². The molecule has 2 heterocycles. The maximum atomic E-state index is 11.7. The monoisotopic (exact) mass is 194 g/mol. The zero-order chi connectivity index (χ0) is 8.13. The standard InChI is InChI=1S/C9H6OS2/c10-7-5-1-3-11-8(5)9-6(7)2-4-12-9/h1-5,8H. The number of carbonyl (C=O) groups is 1. The quantitative estimate of drug-likeness (QED) is 0.631. The van der Waals surface area contributed by atoms with Crippen LogP contribution in [0.15, 0.2) is 22.9 Å². The van der Waals surface area contributed by atoms with Gasteiger partial charge in [0.25, 0.3) is 0 Å². The summed E-state index contributed by atoms with van der Waals surface area (Å²) in [5.74, 6) is 0.468. The van der Waals surface area contributed by atoms with Crippen LogP contribution in [0.4, 0.5) is 0 Å². The average molecular weight is 194 g/mol. The molecule has 0 saturated heterocycles. The number of allylic oxidation sites excluding steroid dienone is 1. The minimum Gasteiger partial charge on any atom is -0.293 e. The first kappa shape index (κ1) is 6.92. The largest absolute Gasteiger partial charge is 0.293 e. The molecule has 0 bridgehead atoms. The van der Waals surface area contributed by atoms with Crippen LogP contribution in [0.3, 0.4) is 0 Å². The van der Waals surface area contributed by atoms with E-state index < -0.39 is 0 Å². The normalized spacial score (nSPS) is 30.8. The number of rotatable bonds is 0. The molecule has 1 aromatic heterocycles. The number of carbonyl (C=O) groups excluding carboxylic acids is 1. The van der Waals surface area contributed by atoms with Crippen LogP contribution >= 0.6 is 23.1 Å². The Morgan fingerprint density at radius 1 is 1.42 bits per heavy atom.